The number of esters is 4. The molecule has 1 heterocycles. The lowest BCUT2D eigenvalue weighted by Crippen LogP contribution is -2.63. The molecule has 1 aliphatic heterocycles. The number of hydrogen-bond donors (Lipinski definition) is 0. The van der Waals surface area contributed by atoms with Gasteiger partial charge in [-0.2, -0.15) is 0 Å². The fourth-order valence-electron chi connectivity index (χ4n) is 2.38. The van der Waals surface area contributed by atoms with Crippen molar-refractivity contribution >= 4 is 23.9 Å². The van der Waals surface area contributed by atoms with Gasteiger partial charge in [-0.15, -0.1) is 0 Å². The van der Waals surface area contributed by atoms with Gasteiger partial charge in [0, 0.05) is 27.4 Å². The second kappa shape index (κ2) is 9.33. The third-order valence-corrected chi connectivity index (χ3v) is 3.17. The van der Waals surface area contributed by atoms with Crippen molar-refractivity contribution in [1.82, 2.24) is 0 Å². The number of carbonyl (C=O) groups excluding carboxylic acids is 4. The van der Waals surface area contributed by atoms with Gasteiger partial charge < -0.3 is 28.4 Å². The van der Waals surface area contributed by atoms with Gasteiger partial charge >= 0.3 is 23.9 Å². The lowest BCUT2D eigenvalue weighted by atomic mass is 9.97. The average molecular weight is 362 g/mol. The van der Waals surface area contributed by atoms with Crippen molar-refractivity contribution in [3.63, 3.8) is 0 Å². The van der Waals surface area contributed by atoms with E-state index < -0.39 is 54.6 Å². The van der Waals surface area contributed by atoms with Gasteiger partial charge in [-0.3, -0.25) is 14.4 Å². The van der Waals surface area contributed by atoms with Gasteiger partial charge in [0.15, 0.2) is 30.7 Å². The van der Waals surface area contributed by atoms with Crippen molar-refractivity contribution < 1.29 is 47.6 Å². The first-order valence-corrected chi connectivity index (χ1v) is 7.57. The van der Waals surface area contributed by atoms with Crippen LogP contribution in [0.5, 0.6) is 0 Å². The van der Waals surface area contributed by atoms with E-state index in [-0.39, 0.29) is 6.61 Å². The second-order valence-electron chi connectivity index (χ2n) is 5.13. The molecule has 0 spiro atoms. The standard InChI is InChI=1S/C15H22O10/c1-6-21-15-13(24-9(4)18)11(23-8(3)17)10(22-7(2)16)12(25-15)14(19)20-5/h10-13,15H,6H2,1-5H3/t10-,11?,12?,13?,15+/m1/s1. The first kappa shape index (κ1) is 20.8. The molecular formula is C15H22O10. The zero-order valence-corrected chi connectivity index (χ0v) is 14.7. The van der Waals surface area contributed by atoms with E-state index in [0.717, 1.165) is 27.9 Å². The van der Waals surface area contributed by atoms with E-state index >= 15 is 0 Å². The summed E-state index contributed by atoms with van der Waals surface area (Å²) in [4.78, 5) is 46.4. The maximum absolute atomic E-state index is 12.0. The maximum Gasteiger partial charge on any atom is 0.339 e. The van der Waals surface area contributed by atoms with Crippen LogP contribution in [0.3, 0.4) is 0 Å². The molecule has 3 unspecified atom stereocenters. The van der Waals surface area contributed by atoms with Crippen LogP contribution in [0.2, 0.25) is 0 Å². The van der Waals surface area contributed by atoms with E-state index in [1.54, 1.807) is 6.92 Å². The maximum atomic E-state index is 12.0. The molecular weight excluding hydrogens is 340 g/mol. The first-order chi connectivity index (χ1) is 11.7. The van der Waals surface area contributed by atoms with Crippen LogP contribution in [-0.2, 0) is 47.6 Å². The van der Waals surface area contributed by atoms with E-state index in [1.165, 1.54) is 0 Å². The van der Waals surface area contributed by atoms with Crippen molar-refractivity contribution in [2.24, 2.45) is 0 Å². The molecule has 10 heteroatoms. The van der Waals surface area contributed by atoms with Crippen LogP contribution < -0.4 is 0 Å². The predicted molar refractivity (Wildman–Crippen MR) is 79.0 cm³/mol. The first-order valence-electron chi connectivity index (χ1n) is 7.57. The summed E-state index contributed by atoms with van der Waals surface area (Å²) in [5.74, 6) is -3.06. The molecule has 10 nitrogen and oxygen atoms in total. The van der Waals surface area contributed by atoms with Gasteiger partial charge in [-0.25, -0.2) is 4.79 Å². The van der Waals surface area contributed by atoms with Gasteiger partial charge in [0.25, 0.3) is 0 Å². The van der Waals surface area contributed by atoms with Gasteiger partial charge in [0.2, 0.25) is 0 Å². The smallest absolute Gasteiger partial charge is 0.339 e. The second-order valence-corrected chi connectivity index (χ2v) is 5.13. The number of ether oxygens (including phenoxy) is 6. The Bertz CT molecular complexity index is 516. The molecule has 0 aliphatic carbocycles. The fourth-order valence-corrected chi connectivity index (χ4v) is 2.38. The van der Waals surface area contributed by atoms with Crippen LogP contribution in [0, 0.1) is 0 Å². The molecule has 1 fully saturated rings. The predicted octanol–water partition coefficient (Wildman–Crippen LogP) is -0.284. The van der Waals surface area contributed by atoms with E-state index in [2.05, 4.69) is 4.74 Å². The Morgan fingerprint density at radius 3 is 1.76 bits per heavy atom. The zero-order valence-electron chi connectivity index (χ0n) is 14.7. The highest BCUT2D eigenvalue weighted by molar-refractivity contribution is 5.77. The third kappa shape index (κ3) is 5.68. The lowest BCUT2D eigenvalue weighted by molar-refractivity contribution is -0.300. The SMILES string of the molecule is CCO[C@H]1OC(C(=O)OC)[C@H](OC(C)=O)C(OC(C)=O)C1OC(C)=O. The molecule has 0 aromatic carbocycles. The fraction of sp³-hybridized carbons (Fsp3) is 0.733. The zero-order chi connectivity index (χ0) is 19.1. The molecule has 0 aromatic rings. The van der Waals surface area contributed by atoms with Crippen molar-refractivity contribution in [3.8, 4) is 0 Å². The van der Waals surface area contributed by atoms with E-state index in [9.17, 15) is 19.2 Å². The Labute approximate surface area is 144 Å². The van der Waals surface area contributed by atoms with Crippen molar-refractivity contribution in [1.29, 1.82) is 0 Å². The minimum Gasteiger partial charge on any atom is -0.467 e. The normalized spacial score (nSPS) is 28.6. The number of hydrogen-bond acceptors (Lipinski definition) is 10. The summed E-state index contributed by atoms with van der Waals surface area (Å²) in [6.45, 7) is 5.17. The van der Waals surface area contributed by atoms with Crippen molar-refractivity contribution in [3.05, 3.63) is 0 Å². The van der Waals surface area contributed by atoms with E-state index in [0.29, 0.717) is 0 Å². The average Bonchev–Trinajstić information content (AvgIpc) is 2.50. The highest BCUT2D eigenvalue weighted by Crippen LogP contribution is 2.30. The third-order valence-electron chi connectivity index (χ3n) is 3.17. The van der Waals surface area contributed by atoms with Gasteiger partial charge in [0.1, 0.15) is 0 Å². The number of rotatable bonds is 6. The van der Waals surface area contributed by atoms with Crippen LogP contribution in [0.4, 0.5) is 0 Å². The van der Waals surface area contributed by atoms with Crippen LogP contribution >= 0.6 is 0 Å². The molecule has 0 aromatic heterocycles. The minimum atomic E-state index is -1.43. The molecule has 1 aliphatic rings. The molecule has 1 rings (SSSR count). The summed E-state index contributed by atoms with van der Waals surface area (Å²) >= 11 is 0. The molecule has 0 amide bonds. The van der Waals surface area contributed by atoms with Crippen LogP contribution in [-0.4, -0.2) is 68.3 Å². The van der Waals surface area contributed by atoms with Crippen LogP contribution in [0.15, 0.2) is 0 Å². The summed E-state index contributed by atoms with van der Waals surface area (Å²) in [7, 11) is 1.12. The highest BCUT2D eigenvalue weighted by Gasteiger charge is 2.55. The Hall–Kier alpha value is -2.20. The molecule has 0 saturated carbocycles. The minimum absolute atomic E-state index is 0.154. The summed E-state index contributed by atoms with van der Waals surface area (Å²) in [5.41, 5.74) is 0. The summed E-state index contributed by atoms with van der Waals surface area (Å²) in [6, 6.07) is 0. The number of methoxy groups -OCH3 is 1. The molecule has 0 N–H and O–H groups in total. The van der Waals surface area contributed by atoms with Crippen molar-refractivity contribution in [2.45, 2.75) is 58.4 Å². The largest absolute Gasteiger partial charge is 0.467 e. The van der Waals surface area contributed by atoms with Gasteiger partial charge in [-0.05, 0) is 6.92 Å². The summed E-state index contributed by atoms with van der Waals surface area (Å²) in [6.07, 6.45) is -6.60. The molecule has 5 atom stereocenters. The number of carbonyl (C=O) groups is 4. The van der Waals surface area contributed by atoms with Crippen molar-refractivity contribution in [2.75, 3.05) is 13.7 Å². The Morgan fingerprint density at radius 2 is 1.32 bits per heavy atom. The molecule has 0 radical (unpaired) electrons. The van der Waals surface area contributed by atoms with Crippen LogP contribution in [0.25, 0.3) is 0 Å². The molecule has 142 valence electrons. The summed E-state index contributed by atoms with van der Waals surface area (Å²) in [5, 5.41) is 0. The lowest BCUT2D eigenvalue weighted by Gasteiger charge is -2.43. The van der Waals surface area contributed by atoms with Gasteiger partial charge in [-0.1, -0.05) is 0 Å². The highest BCUT2D eigenvalue weighted by atomic mass is 16.7. The molecule has 25 heavy (non-hydrogen) atoms. The van der Waals surface area contributed by atoms with Crippen LogP contribution in [0.1, 0.15) is 27.7 Å². The van der Waals surface area contributed by atoms with Gasteiger partial charge in [0.05, 0.1) is 7.11 Å². The van der Waals surface area contributed by atoms with E-state index in [1.807, 2.05) is 0 Å². The monoisotopic (exact) mass is 362 g/mol. The Kier molecular flexibility index (Phi) is 7.78. The van der Waals surface area contributed by atoms with E-state index in [4.69, 9.17) is 23.7 Å². The summed E-state index contributed by atoms with van der Waals surface area (Å²) < 4.78 is 30.8. The molecule has 1 saturated heterocycles. The molecule has 0 bridgehead atoms. The topological polar surface area (TPSA) is 124 Å². The Morgan fingerprint density at radius 1 is 0.840 bits per heavy atom. The Balaban J connectivity index is 3.31. The quantitative estimate of drug-likeness (QED) is 0.460.